The van der Waals surface area contributed by atoms with Crippen LogP contribution in [0, 0.1) is 0 Å². The Morgan fingerprint density at radius 1 is 1.31 bits per heavy atom. The van der Waals surface area contributed by atoms with Gasteiger partial charge in [0.2, 0.25) is 10.0 Å². The molecule has 0 aromatic heterocycles. The van der Waals surface area contributed by atoms with Gasteiger partial charge in [-0.2, -0.15) is 4.31 Å². The van der Waals surface area contributed by atoms with Crippen molar-refractivity contribution < 1.29 is 13.2 Å². The van der Waals surface area contributed by atoms with Crippen LogP contribution in [-0.2, 0) is 10.0 Å². The van der Waals surface area contributed by atoms with Gasteiger partial charge in [-0.1, -0.05) is 18.2 Å². The molecule has 1 aromatic carbocycles. The topological polar surface area (TPSA) is 46.6 Å². The Bertz CT molecular complexity index is 444. The van der Waals surface area contributed by atoms with E-state index >= 15 is 0 Å². The Balaban J connectivity index is 1.96. The second-order valence-electron chi connectivity index (χ2n) is 3.96. The highest BCUT2D eigenvalue weighted by Gasteiger charge is 2.29. The predicted molar refractivity (Wildman–Crippen MR) is 61.9 cm³/mol. The lowest BCUT2D eigenvalue weighted by Gasteiger charge is -2.14. The fourth-order valence-electron chi connectivity index (χ4n) is 1.79. The molecule has 1 unspecified atom stereocenters. The molecule has 5 heteroatoms. The maximum atomic E-state index is 11.3. The third-order valence-corrected chi connectivity index (χ3v) is 3.89. The van der Waals surface area contributed by atoms with Gasteiger partial charge in [0.05, 0.1) is 12.8 Å². The van der Waals surface area contributed by atoms with Gasteiger partial charge in [0, 0.05) is 6.54 Å². The fraction of sp³-hybridized carbons (Fsp3) is 0.455. The molecule has 1 aliphatic rings. The predicted octanol–water partition coefficient (Wildman–Crippen LogP) is 1.10. The van der Waals surface area contributed by atoms with E-state index in [4.69, 9.17) is 4.74 Å². The van der Waals surface area contributed by atoms with E-state index in [-0.39, 0.29) is 6.10 Å². The summed E-state index contributed by atoms with van der Waals surface area (Å²) in [6, 6.07) is 9.48. The van der Waals surface area contributed by atoms with Gasteiger partial charge in [-0.25, -0.2) is 8.42 Å². The Labute approximate surface area is 95.9 Å². The maximum Gasteiger partial charge on any atom is 0.211 e. The lowest BCUT2D eigenvalue weighted by molar-refractivity contribution is 0.215. The molecule has 0 N–H and O–H groups in total. The van der Waals surface area contributed by atoms with Crippen LogP contribution >= 0.6 is 0 Å². The lowest BCUT2D eigenvalue weighted by Crippen LogP contribution is -2.29. The molecule has 1 saturated heterocycles. The summed E-state index contributed by atoms with van der Waals surface area (Å²) < 4.78 is 29.8. The van der Waals surface area contributed by atoms with Crippen LogP contribution in [0.25, 0.3) is 0 Å². The minimum absolute atomic E-state index is 0.0304. The first kappa shape index (κ1) is 11.4. The quantitative estimate of drug-likeness (QED) is 0.796. The third kappa shape index (κ3) is 2.74. The first-order chi connectivity index (χ1) is 7.55. The summed E-state index contributed by atoms with van der Waals surface area (Å²) in [7, 11) is -3.07. The van der Waals surface area contributed by atoms with Gasteiger partial charge in [0.25, 0.3) is 0 Å². The maximum absolute atomic E-state index is 11.3. The van der Waals surface area contributed by atoms with E-state index in [1.165, 1.54) is 10.6 Å². The molecule has 0 amide bonds. The van der Waals surface area contributed by atoms with Crippen molar-refractivity contribution in [3.05, 3.63) is 30.3 Å². The van der Waals surface area contributed by atoms with Crippen molar-refractivity contribution in [2.24, 2.45) is 0 Å². The summed E-state index contributed by atoms with van der Waals surface area (Å²) in [5, 5.41) is 0. The van der Waals surface area contributed by atoms with Crippen LogP contribution in [0.3, 0.4) is 0 Å². The van der Waals surface area contributed by atoms with E-state index in [0.29, 0.717) is 13.1 Å². The van der Waals surface area contributed by atoms with Crippen LogP contribution in [-0.4, -0.2) is 38.2 Å². The monoisotopic (exact) mass is 241 g/mol. The summed E-state index contributed by atoms with van der Waals surface area (Å²) in [5.74, 6) is 0.794. The summed E-state index contributed by atoms with van der Waals surface area (Å²) in [6.45, 7) is 1.00. The van der Waals surface area contributed by atoms with Crippen LogP contribution in [0.4, 0.5) is 0 Å². The molecule has 0 saturated carbocycles. The van der Waals surface area contributed by atoms with Crippen molar-refractivity contribution in [1.82, 2.24) is 4.31 Å². The van der Waals surface area contributed by atoms with Crippen molar-refractivity contribution in [3.8, 4) is 5.75 Å². The Morgan fingerprint density at radius 3 is 2.56 bits per heavy atom. The van der Waals surface area contributed by atoms with Crippen molar-refractivity contribution in [3.63, 3.8) is 0 Å². The van der Waals surface area contributed by atoms with Crippen molar-refractivity contribution >= 4 is 10.0 Å². The Morgan fingerprint density at radius 2 is 2.00 bits per heavy atom. The minimum atomic E-state index is -3.07. The van der Waals surface area contributed by atoms with E-state index < -0.39 is 10.0 Å². The van der Waals surface area contributed by atoms with Crippen molar-refractivity contribution in [2.45, 2.75) is 12.5 Å². The number of ether oxygens (including phenoxy) is 1. The van der Waals surface area contributed by atoms with E-state index in [1.54, 1.807) is 0 Å². The molecule has 88 valence electrons. The van der Waals surface area contributed by atoms with Gasteiger partial charge in [0.15, 0.2) is 0 Å². The number of rotatable bonds is 3. The second-order valence-corrected chi connectivity index (χ2v) is 5.95. The Hall–Kier alpha value is -1.07. The molecule has 1 aliphatic heterocycles. The van der Waals surface area contributed by atoms with Crippen LogP contribution in [0.2, 0.25) is 0 Å². The van der Waals surface area contributed by atoms with Gasteiger partial charge in [-0.3, -0.25) is 0 Å². The van der Waals surface area contributed by atoms with Crippen LogP contribution in [0.5, 0.6) is 5.75 Å². The van der Waals surface area contributed by atoms with Gasteiger partial charge >= 0.3 is 0 Å². The fourth-order valence-corrected chi connectivity index (χ4v) is 2.66. The van der Waals surface area contributed by atoms with E-state index in [1.807, 2.05) is 30.3 Å². The zero-order valence-corrected chi connectivity index (χ0v) is 9.98. The number of hydrogen-bond donors (Lipinski definition) is 0. The first-order valence-electron chi connectivity index (χ1n) is 5.22. The van der Waals surface area contributed by atoms with Crippen molar-refractivity contribution in [1.29, 1.82) is 0 Å². The van der Waals surface area contributed by atoms with Crippen LogP contribution in [0.1, 0.15) is 6.42 Å². The zero-order valence-electron chi connectivity index (χ0n) is 9.17. The molecule has 1 heterocycles. The number of para-hydroxylation sites is 1. The van der Waals surface area contributed by atoms with Crippen LogP contribution in [0.15, 0.2) is 30.3 Å². The Kier molecular flexibility index (Phi) is 3.16. The molecule has 4 nitrogen and oxygen atoms in total. The molecule has 0 spiro atoms. The molecular weight excluding hydrogens is 226 g/mol. The second kappa shape index (κ2) is 4.43. The third-order valence-electron chi connectivity index (χ3n) is 2.62. The standard InChI is InChI=1S/C11H15NO3S/c1-16(13,14)12-8-7-11(9-12)15-10-5-3-2-4-6-10/h2-6,11H,7-9H2,1H3. The number of nitrogens with zero attached hydrogens (tertiary/aromatic N) is 1. The van der Waals surface area contributed by atoms with Gasteiger partial charge in [-0.15, -0.1) is 0 Å². The number of sulfonamides is 1. The smallest absolute Gasteiger partial charge is 0.211 e. The first-order valence-corrected chi connectivity index (χ1v) is 7.07. The summed E-state index contributed by atoms with van der Waals surface area (Å²) >= 11 is 0. The van der Waals surface area contributed by atoms with Gasteiger partial charge in [-0.05, 0) is 18.6 Å². The molecule has 0 radical (unpaired) electrons. The van der Waals surface area contributed by atoms with E-state index in [9.17, 15) is 8.42 Å². The molecule has 1 fully saturated rings. The largest absolute Gasteiger partial charge is 0.489 e. The van der Waals surface area contributed by atoms with Gasteiger partial charge < -0.3 is 4.74 Å². The molecule has 2 rings (SSSR count). The molecule has 1 aromatic rings. The normalized spacial score (nSPS) is 22.2. The van der Waals surface area contributed by atoms with Crippen molar-refractivity contribution in [2.75, 3.05) is 19.3 Å². The number of benzene rings is 1. The molecule has 16 heavy (non-hydrogen) atoms. The zero-order chi connectivity index (χ0) is 11.6. The number of hydrogen-bond acceptors (Lipinski definition) is 3. The average Bonchev–Trinajstić information content (AvgIpc) is 2.67. The van der Waals surface area contributed by atoms with E-state index in [2.05, 4.69) is 0 Å². The van der Waals surface area contributed by atoms with Crippen LogP contribution < -0.4 is 4.74 Å². The molecular formula is C11H15NO3S. The minimum Gasteiger partial charge on any atom is -0.489 e. The summed E-state index contributed by atoms with van der Waals surface area (Å²) in [5.41, 5.74) is 0. The molecule has 1 atom stereocenters. The summed E-state index contributed by atoms with van der Waals surface area (Å²) in [4.78, 5) is 0. The highest BCUT2D eigenvalue weighted by molar-refractivity contribution is 7.88. The molecule has 0 aliphatic carbocycles. The van der Waals surface area contributed by atoms with E-state index in [0.717, 1.165) is 12.2 Å². The highest BCUT2D eigenvalue weighted by Crippen LogP contribution is 2.19. The average molecular weight is 241 g/mol. The highest BCUT2D eigenvalue weighted by atomic mass is 32.2. The van der Waals surface area contributed by atoms with Gasteiger partial charge in [0.1, 0.15) is 11.9 Å². The SMILES string of the molecule is CS(=O)(=O)N1CCC(Oc2ccccc2)C1. The molecule has 0 bridgehead atoms. The lowest BCUT2D eigenvalue weighted by atomic mass is 10.3. The summed E-state index contributed by atoms with van der Waals surface area (Å²) in [6.07, 6.45) is 1.96.